The van der Waals surface area contributed by atoms with Crippen molar-refractivity contribution in [1.82, 2.24) is 20.0 Å². The third-order valence-electron chi connectivity index (χ3n) is 2.94. The van der Waals surface area contributed by atoms with Crippen LogP contribution < -0.4 is 5.32 Å². The van der Waals surface area contributed by atoms with E-state index in [2.05, 4.69) is 15.5 Å². The van der Waals surface area contributed by atoms with Crippen molar-refractivity contribution in [2.24, 2.45) is 0 Å². The van der Waals surface area contributed by atoms with Gasteiger partial charge in [-0.05, 0) is 12.2 Å². The lowest BCUT2D eigenvalue weighted by Crippen LogP contribution is -2.32. The van der Waals surface area contributed by atoms with E-state index in [1.165, 1.54) is 21.1 Å². The quantitative estimate of drug-likeness (QED) is 0.455. The molecule has 0 radical (unpaired) electrons. The van der Waals surface area contributed by atoms with Crippen LogP contribution in [-0.4, -0.2) is 63.7 Å². The highest BCUT2D eigenvalue weighted by Gasteiger charge is 2.32. The number of likely N-dealkylation sites (N-methyl/N-ethyl adjacent to an activating group) is 1. The Morgan fingerprint density at radius 3 is 2.82 bits per heavy atom. The molecule has 4 amide bonds. The van der Waals surface area contributed by atoms with Crippen LogP contribution in [0.5, 0.6) is 0 Å². The van der Waals surface area contributed by atoms with Gasteiger partial charge < -0.3 is 10.2 Å². The molecule has 1 aromatic heterocycles. The van der Waals surface area contributed by atoms with Crippen LogP contribution in [-0.2, 0) is 9.59 Å². The van der Waals surface area contributed by atoms with Gasteiger partial charge >= 0.3 is 6.03 Å². The number of anilines is 1. The smallest absolute Gasteiger partial charge is 0.318 e. The molecular formula is C12H17N5O3S2. The summed E-state index contributed by atoms with van der Waals surface area (Å²) in [5.74, 6) is 0.476. The summed E-state index contributed by atoms with van der Waals surface area (Å²) < 4.78 is 0.814. The lowest BCUT2D eigenvalue weighted by Gasteiger charge is -2.13. The van der Waals surface area contributed by atoms with Gasteiger partial charge in [-0.3, -0.25) is 14.5 Å². The molecule has 22 heavy (non-hydrogen) atoms. The fourth-order valence-electron chi connectivity index (χ4n) is 1.91. The number of amides is 4. The van der Waals surface area contributed by atoms with Crippen LogP contribution in [0, 0.1) is 0 Å². The van der Waals surface area contributed by atoms with Gasteiger partial charge in [0.05, 0.1) is 0 Å². The molecule has 120 valence electrons. The monoisotopic (exact) mass is 343 g/mol. The molecule has 1 aromatic rings. The lowest BCUT2D eigenvalue weighted by atomic mass is 10.3. The first-order valence-electron chi connectivity index (χ1n) is 6.83. The summed E-state index contributed by atoms with van der Waals surface area (Å²) in [6, 6.07) is -0.309. The average Bonchev–Trinajstić information content (AvgIpc) is 2.99. The molecule has 1 saturated heterocycles. The number of carbonyl (C=O) groups excluding carboxylic acids is 3. The molecule has 0 aromatic carbocycles. The highest BCUT2D eigenvalue weighted by Crippen LogP contribution is 2.25. The van der Waals surface area contributed by atoms with Crippen LogP contribution >= 0.6 is 23.1 Å². The number of imide groups is 1. The summed E-state index contributed by atoms with van der Waals surface area (Å²) >= 11 is 2.89. The van der Waals surface area contributed by atoms with Crippen LogP contribution in [0.25, 0.3) is 0 Å². The SMILES string of the molecule is CCSc1nnc(NC(=O)CCCN2C(=O)CN(C)C2=O)s1. The zero-order valence-electron chi connectivity index (χ0n) is 12.4. The Kier molecular flexibility index (Phi) is 5.72. The lowest BCUT2D eigenvalue weighted by molar-refractivity contribution is -0.125. The number of carbonyl (C=O) groups is 3. The molecule has 0 spiro atoms. The van der Waals surface area contributed by atoms with Gasteiger partial charge in [0.15, 0.2) is 4.34 Å². The number of urea groups is 1. The summed E-state index contributed by atoms with van der Waals surface area (Å²) in [7, 11) is 1.58. The molecule has 0 atom stereocenters. The number of hydrogen-bond donors (Lipinski definition) is 1. The van der Waals surface area contributed by atoms with Crippen molar-refractivity contribution >= 4 is 46.1 Å². The Morgan fingerprint density at radius 1 is 1.41 bits per heavy atom. The molecule has 0 saturated carbocycles. The maximum absolute atomic E-state index is 11.8. The van der Waals surface area contributed by atoms with Gasteiger partial charge in [0.25, 0.3) is 0 Å². The van der Waals surface area contributed by atoms with E-state index < -0.39 is 0 Å². The Hall–Kier alpha value is -1.68. The third-order valence-corrected chi connectivity index (χ3v) is 4.79. The molecule has 1 fully saturated rings. The first-order chi connectivity index (χ1) is 10.5. The molecule has 1 aliphatic heterocycles. The van der Waals surface area contributed by atoms with Gasteiger partial charge in [0, 0.05) is 20.0 Å². The molecule has 1 N–H and O–H groups in total. The van der Waals surface area contributed by atoms with Gasteiger partial charge in [-0.1, -0.05) is 30.0 Å². The Morgan fingerprint density at radius 2 is 2.18 bits per heavy atom. The second-order valence-electron chi connectivity index (χ2n) is 4.64. The van der Waals surface area contributed by atoms with Crippen molar-refractivity contribution in [2.75, 3.05) is 31.2 Å². The molecule has 2 heterocycles. The highest BCUT2D eigenvalue weighted by molar-refractivity contribution is 8.01. The van der Waals surface area contributed by atoms with Crippen molar-refractivity contribution in [1.29, 1.82) is 0 Å². The zero-order chi connectivity index (χ0) is 16.1. The minimum atomic E-state index is -0.309. The second kappa shape index (κ2) is 7.54. The molecular weight excluding hydrogens is 326 g/mol. The van der Waals surface area contributed by atoms with Crippen LogP contribution in [0.3, 0.4) is 0 Å². The third kappa shape index (κ3) is 4.17. The fraction of sp³-hybridized carbons (Fsp3) is 0.583. The van der Waals surface area contributed by atoms with Gasteiger partial charge in [0.2, 0.25) is 16.9 Å². The van der Waals surface area contributed by atoms with Crippen molar-refractivity contribution in [3.63, 3.8) is 0 Å². The zero-order valence-corrected chi connectivity index (χ0v) is 14.0. The van der Waals surface area contributed by atoms with E-state index in [4.69, 9.17) is 0 Å². The topological polar surface area (TPSA) is 95.5 Å². The van der Waals surface area contributed by atoms with E-state index in [0.29, 0.717) is 11.6 Å². The van der Waals surface area contributed by atoms with E-state index in [1.807, 2.05) is 6.92 Å². The standard InChI is InChI=1S/C12H17N5O3S2/c1-3-21-11-15-14-10(22-11)13-8(18)5-4-6-17-9(19)7-16(2)12(17)20/h3-7H2,1-2H3,(H,13,14,18). The normalized spacial score (nSPS) is 14.8. The van der Waals surface area contributed by atoms with E-state index in [9.17, 15) is 14.4 Å². The minimum Gasteiger partial charge on any atom is -0.318 e. The van der Waals surface area contributed by atoms with E-state index >= 15 is 0 Å². The minimum absolute atomic E-state index is 0.105. The molecule has 1 aliphatic rings. The van der Waals surface area contributed by atoms with E-state index in [-0.39, 0.29) is 37.4 Å². The summed E-state index contributed by atoms with van der Waals surface area (Å²) in [5.41, 5.74) is 0. The number of thioether (sulfide) groups is 1. The van der Waals surface area contributed by atoms with Gasteiger partial charge in [-0.2, -0.15) is 0 Å². The molecule has 0 bridgehead atoms. The number of aromatic nitrogens is 2. The molecule has 10 heteroatoms. The number of hydrogen-bond acceptors (Lipinski definition) is 7. The predicted octanol–water partition coefficient (Wildman–Crippen LogP) is 1.26. The van der Waals surface area contributed by atoms with Gasteiger partial charge in [0.1, 0.15) is 6.54 Å². The van der Waals surface area contributed by atoms with Crippen molar-refractivity contribution in [3.8, 4) is 0 Å². The summed E-state index contributed by atoms with van der Waals surface area (Å²) in [5, 5.41) is 11.0. The maximum atomic E-state index is 11.8. The second-order valence-corrected chi connectivity index (χ2v) is 7.13. The van der Waals surface area contributed by atoms with Crippen LogP contribution in [0.4, 0.5) is 9.93 Å². The van der Waals surface area contributed by atoms with Crippen LogP contribution in [0.15, 0.2) is 4.34 Å². The van der Waals surface area contributed by atoms with Crippen molar-refractivity contribution in [2.45, 2.75) is 24.1 Å². The van der Waals surface area contributed by atoms with E-state index in [0.717, 1.165) is 10.1 Å². The van der Waals surface area contributed by atoms with Gasteiger partial charge in [-0.15, -0.1) is 10.2 Å². The number of nitrogens with zero attached hydrogens (tertiary/aromatic N) is 4. The van der Waals surface area contributed by atoms with Crippen molar-refractivity contribution in [3.05, 3.63) is 0 Å². The first kappa shape index (κ1) is 16.7. The Balaban J connectivity index is 1.73. The summed E-state index contributed by atoms with van der Waals surface area (Å²) in [6.45, 7) is 2.37. The van der Waals surface area contributed by atoms with Gasteiger partial charge in [-0.25, -0.2) is 4.79 Å². The molecule has 0 aliphatic carbocycles. The maximum Gasteiger partial charge on any atom is 0.326 e. The average molecular weight is 343 g/mol. The molecule has 8 nitrogen and oxygen atoms in total. The summed E-state index contributed by atoms with van der Waals surface area (Å²) in [6.07, 6.45) is 0.642. The fourth-order valence-corrected chi connectivity index (χ4v) is 3.58. The van der Waals surface area contributed by atoms with E-state index in [1.54, 1.807) is 18.8 Å². The predicted molar refractivity (Wildman–Crippen MR) is 83.9 cm³/mol. The number of nitrogens with one attached hydrogen (secondary N) is 1. The first-order valence-corrected chi connectivity index (χ1v) is 8.63. The van der Waals surface area contributed by atoms with Crippen molar-refractivity contribution < 1.29 is 14.4 Å². The molecule has 2 rings (SSSR count). The number of rotatable bonds is 7. The highest BCUT2D eigenvalue weighted by atomic mass is 32.2. The van der Waals surface area contributed by atoms with Crippen LogP contribution in [0.2, 0.25) is 0 Å². The summed E-state index contributed by atoms with van der Waals surface area (Å²) in [4.78, 5) is 37.6. The molecule has 0 unspecified atom stereocenters. The Bertz CT molecular complexity index is 577. The van der Waals surface area contributed by atoms with Crippen LogP contribution in [0.1, 0.15) is 19.8 Å². The largest absolute Gasteiger partial charge is 0.326 e. The Labute approximate surface area is 136 Å².